The Bertz CT molecular complexity index is 277. The lowest BCUT2D eigenvalue weighted by molar-refractivity contribution is 0.376. The van der Waals surface area contributed by atoms with Crippen LogP contribution < -0.4 is 9.47 Å². The third kappa shape index (κ3) is 2.15. The van der Waals surface area contributed by atoms with Gasteiger partial charge in [-0.05, 0) is 19.1 Å². The summed E-state index contributed by atoms with van der Waals surface area (Å²) < 4.78 is 10.7. The van der Waals surface area contributed by atoms with E-state index in [4.69, 9.17) is 9.47 Å². The number of hydrogen-bond donors (Lipinski definition) is 0. The molecule has 14 heavy (non-hydrogen) atoms. The molecule has 1 aromatic carbocycles. The largest absolute Gasteiger partial charge is 0.491 e. The molecule has 0 heterocycles. The second-order valence-electron chi connectivity index (χ2n) is 2.92. The quantitative estimate of drug-likeness (QED) is 0.715. The summed E-state index contributed by atoms with van der Waals surface area (Å²) in [5.74, 6) is 2.96. The van der Waals surface area contributed by atoms with Crippen molar-refractivity contribution in [3.63, 3.8) is 0 Å². The Kier molecular flexibility index (Phi) is 4.14. The maximum atomic E-state index is 5.34. The van der Waals surface area contributed by atoms with E-state index in [0.717, 1.165) is 17.3 Å². The molecule has 0 amide bonds. The zero-order chi connectivity index (χ0) is 10.6. The number of methoxy groups -OCH3 is 2. The van der Waals surface area contributed by atoms with E-state index in [1.165, 1.54) is 4.90 Å². The van der Waals surface area contributed by atoms with Crippen molar-refractivity contribution < 1.29 is 9.47 Å². The molecule has 1 unspecified atom stereocenters. The molecule has 0 aliphatic carbocycles. The molecule has 1 rings (SSSR count). The SMILES string of the molecule is CC[S+](C)c1c(OC)cccc1OC. The summed E-state index contributed by atoms with van der Waals surface area (Å²) in [5, 5.41) is 0. The van der Waals surface area contributed by atoms with Crippen LogP contribution in [0.5, 0.6) is 11.5 Å². The Morgan fingerprint density at radius 3 is 2.00 bits per heavy atom. The van der Waals surface area contributed by atoms with Gasteiger partial charge in [-0.25, -0.2) is 0 Å². The van der Waals surface area contributed by atoms with Gasteiger partial charge in [-0.2, -0.15) is 0 Å². The maximum absolute atomic E-state index is 5.34. The lowest BCUT2D eigenvalue weighted by atomic mass is 10.3. The lowest BCUT2D eigenvalue weighted by Crippen LogP contribution is -2.06. The fourth-order valence-electron chi connectivity index (χ4n) is 1.30. The van der Waals surface area contributed by atoms with Gasteiger partial charge in [-0.15, -0.1) is 0 Å². The standard InChI is InChI=1S/C11H17O2S/c1-5-14(4)11-9(12-2)7-6-8-10(11)13-3/h6-8H,5H2,1-4H3/q+1. The minimum atomic E-state index is 0.187. The van der Waals surface area contributed by atoms with Crippen LogP contribution in [0.2, 0.25) is 0 Å². The fourth-order valence-corrected chi connectivity index (χ4v) is 2.58. The van der Waals surface area contributed by atoms with Crippen LogP contribution >= 0.6 is 0 Å². The fraction of sp³-hybridized carbons (Fsp3) is 0.455. The zero-order valence-corrected chi connectivity index (χ0v) is 9.98. The van der Waals surface area contributed by atoms with Crippen LogP contribution in [-0.2, 0) is 10.9 Å². The molecule has 0 N–H and O–H groups in total. The molecule has 1 atom stereocenters. The normalized spacial score (nSPS) is 12.3. The zero-order valence-electron chi connectivity index (χ0n) is 9.16. The second-order valence-corrected chi connectivity index (χ2v) is 5.18. The minimum Gasteiger partial charge on any atom is -0.491 e. The van der Waals surface area contributed by atoms with E-state index >= 15 is 0 Å². The highest BCUT2D eigenvalue weighted by Gasteiger charge is 2.24. The minimum absolute atomic E-state index is 0.187. The van der Waals surface area contributed by atoms with Crippen LogP contribution in [0.15, 0.2) is 23.1 Å². The topological polar surface area (TPSA) is 18.5 Å². The smallest absolute Gasteiger partial charge is 0.238 e. The molecular formula is C11H17O2S+. The van der Waals surface area contributed by atoms with E-state index in [-0.39, 0.29) is 10.9 Å². The van der Waals surface area contributed by atoms with Gasteiger partial charge in [0.05, 0.1) is 14.2 Å². The molecule has 0 aromatic heterocycles. The lowest BCUT2D eigenvalue weighted by Gasteiger charge is -2.10. The predicted molar refractivity (Wildman–Crippen MR) is 61.6 cm³/mol. The van der Waals surface area contributed by atoms with Gasteiger partial charge < -0.3 is 9.47 Å². The summed E-state index contributed by atoms with van der Waals surface area (Å²) in [7, 11) is 3.59. The van der Waals surface area contributed by atoms with E-state index in [1.54, 1.807) is 14.2 Å². The molecule has 3 heteroatoms. The number of ether oxygens (including phenoxy) is 2. The Morgan fingerprint density at radius 2 is 1.64 bits per heavy atom. The van der Waals surface area contributed by atoms with Gasteiger partial charge in [0.1, 0.15) is 12.0 Å². The Hall–Kier alpha value is -0.830. The average Bonchev–Trinajstić information content (AvgIpc) is 2.26. The summed E-state index contributed by atoms with van der Waals surface area (Å²) in [6, 6.07) is 5.92. The van der Waals surface area contributed by atoms with Gasteiger partial charge in [-0.1, -0.05) is 6.07 Å². The molecule has 0 bridgehead atoms. The molecule has 2 nitrogen and oxygen atoms in total. The van der Waals surface area contributed by atoms with Crippen LogP contribution in [0.3, 0.4) is 0 Å². The molecule has 0 aliphatic rings. The highest BCUT2D eigenvalue weighted by molar-refractivity contribution is 7.96. The monoisotopic (exact) mass is 213 g/mol. The molecule has 0 saturated heterocycles. The Balaban J connectivity index is 3.18. The van der Waals surface area contributed by atoms with Crippen molar-refractivity contribution in [1.29, 1.82) is 0 Å². The van der Waals surface area contributed by atoms with E-state index in [0.29, 0.717) is 0 Å². The van der Waals surface area contributed by atoms with E-state index in [2.05, 4.69) is 13.2 Å². The van der Waals surface area contributed by atoms with E-state index < -0.39 is 0 Å². The van der Waals surface area contributed by atoms with Gasteiger partial charge in [-0.3, -0.25) is 0 Å². The van der Waals surface area contributed by atoms with Crippen molar-refractivity contribution in [2.75, 3.05) is 26.2 Å². The van der Waals surface area contributed by atoms with E-state index in [1.807, 2.05) is 18.2 Å². The van der Waals surface area contributed by atoms with Crippen molar-refractivity contribution >= 4 is 10.9 Å². The van der Waals surface area contributed by atoms with Crippen LogP contribution in [-0.4, -0.2) is 26.2 Å². The first-order valence-corrected chi connectivity index (χ1v) is 6.38. The Morgan fingerprint density at radius 1 is 1.14 bits per heavy atom. The molecule has 0 saturated carbocycles. The van der Waals surface area contributed by atoms with Gasteiger partial charge in [0, 0.05) is 10.9 Å². The number of rotatable bonds is 4. The molecule has 0 radical (unpaired) electrons. The van der Waals surface area contributed by atoms with Crippen LogP contribution in [0.25, 0.3) is 0 Å². The average molecular weight is 213 g/mol. The molecule has 0 spiro atoms. The Labute approximate surface area is 88.6 Å². The highest BCUT2D eigenvalue weighted by Crippen LogP contribution is 2.33. The summed E-state index contributed by atoms with van der Waals surface area (Å²) in [6.07, 6.45) is 2.21. The first-order chi connectivity index (χ1) is 6.74. The van der Waals surface area contributed by atoms with E-state index in [9.17, 15) is 0 Å². The summed E-state index contributed by atoms with van der Waals surface area (Å²) in [4.78, 5) is 1.19. The molecule has 0 fully saturated rings. The first-order valence-electron chi connectivity index (χ1n) is 4.58. The van der Waals surface area contributed by atoms with Crippen LogP contribution in [0.4, 0.5) is 0 Å². The first kappa shape index (κ1) is 11.2. The molecule has 78 valence electrons. The van der Waals surface area contributed by atoms with Crippen molar-refractivity contribution in [1.82, 2.24) is 0 Å². The van der Waals surface area contributed by atoms with Gasteiger partial charge in [0.25, 0.3) is 0 Å². The van der Waals surface area contributed by atoms with Crippen molar-refractivity contribution in [3.8, 4) is 11.5 Å². The summed E-state index contributed by atoms with van der Waals surface area (Å²) in [5.41, 5.74) is 0. The third-order valence-corrected chi connectivity index (χ3v) is 4.13. The maximum Gasteiger partial charge on any atom is 0.238 e. The van der Waals surface area contributed by atoms with Crippen molar-refractivity contribution in [2.45, 2.75) is 11.8 Å². The van der Waals surface area contributed by atoms with Crippen molar-refractivity contribution in [3.05, 3.63) is 18.2 Å². The number of benzene rings is 1. The predicted octanol–water partition coefficient (Wildman–Crippen LogP) is 2.33. The van der Waals surface area contributed by atoms with Gasteiger partial charge in [0.15, 0.2) is 11.5 Å². The van der Waals surface area contributed by atoms with Gasteiger partial charge >= 0.3 is 0 Å². The summed E-state index contributed by atoms with van der Waals surface area (Å²) >= 11 is 0. The molecule has 1 aromatic rings. The van der Waals surface area contributed by atoms with Gasteiger partial charge in [0.2, 0.25) is 4.90 Å². The number of hydrogen-bond acceptors (Lipinski definition) is 2. The van der Waals surface area contributed by atoms with Crippen molar-refractivity contribution in [2.24, 2.45) is 0 Å². The highest BCUT2D eigenvalue weighted by atomic mass is 32.2. The van der Waals surface area contributed by atoms with Crippen LogP contribution in [0, 0.1) is 0 Å². The third-order valence-electron chi connectivity index (χ3n) is 2.16. The second kappa shape index (κ2) is 5.15. The van der Waals surface area contributed by atoms with Crippen LogP contribution in [0.1, 0.15) is 6.92 Å². The summed E-state index contributed by atoms with van der Waals surface area (Å²) in [6.45, 7) is 2.18. The molecule has 0 aliphatic heterocycles. The molecular weight excluding hydrogens is 196 g/mol.